The van der Waals surface area contributed by atoms with Crippen molar-refractivity contribution >= 4 is 11.7 Å². The molecule has 1 fully saturated rings. The van der Waals surface area contributed by atoms with Gasteiger partial charge >= 0.3 is 6.03 Å². The fourth-order valence-corrected chi connectivity index (χ4v) is 2.84. The lowest BCUT2D eigenvalue weighted by molar-refractivity contribution is 0.116. The first-order chi connectivity index (χ1) is 11.1. The van der Waals surface area contributed by atoms with Crippen molar-refractivity contribution in [2.45, 2.75) is 32.8 Å². The maximum absolute atomic E-state index is 11.8. The number of amides is 2. The smallest absolute Gasteiger partial charge is 0.314 e. The number of carbonyl (C=O) groups excluding carboxylic acids is 1. The molecule has 0 radical (unpaired) electrons. The van der Waals surface area contributed by atoms with Crippen LogP contribution in [0.5, 0.6) is 0 Å². The van der Waals surface area contributed by atoms with Gasteiger partial charge in [0.2, 0.25) is 0 Å². The summed E-state index contributed by atoms with van der Waals surface area (Å²) in [7, 11) is 0. The lowest BCUT2D eigenvalue weighted by Gasteiger charge is -2.19. The van der Waals surface area contributed by atoms with Gasteiger partial charge < -0.3 is 20.6 Å². The number of carbonyl (C=O) groups is 1. The standard InChI is InChI=1S/C18H29N3O2/c1-14(2)17(22)8-10-19-18(23)20-12-15-9-11-21(13-15)16-6-4-3-5-7-16/h3-7,14-15,17,22H,8-13H2,1-2H3,(H2,19,20,23). The van der Waals surface area contributed by atoms with Crippen LogP contribution in [0.15, 0.2) is 30.3 Å². The first-order valence-corrected chi connectivity index (χ1v) is 8.56. The van der Waals surface area contributed by atoms with Crippen molar-refractivity contribution in [2.75, 3.05) is 31.1 Å². The normalized spacial score (nSPS) is 19.0. The molecule has 2 amide bonds. The van der Waals surface area contributed by atoms with Crippen molar-refractivity contribution in [3.05, 3.63) is 30.3 Å². The number of hydrogen-bond donors (Lipinski definition) is 3. The van der Waals surface area contributed by atoms with Crippen LogP contribution in [0.2, 0.25) is 0 Å². The summed E-state index contributed by atoms with van der Waals surface area (Å²) in [5, 5.41) is 15.5. The van der Waals surface area contributed by atoms with Crippen molar-refractivity contribution in [3.8, 4) is 0 Å². The van der Waals surface area contributed by atoms with E-state index in [1.54, 1.807) is 0 Å². The lowest BCUT2D eigenvalue weighted by Crippen LogP contribution is -2.40. The fraction of sp³-hybridized carbons (Fsp3) is 0.611. The summed E-state index contributed by atoms with van der Waals surface area (Å²) in [4.78, 5) is 14.1. The Morgan fingerprint density at radius 2 is 2.04 bits per heavy atom. The van der Waals surface area contributed by atoms with Gasteiger partial charge in [-0.15, -0.1) is 0 Å². The highest BCUT2D eigenvalue weighted by molar-refractivity contribution is 5.73. The summed E-state index contributed by atoms with van der Waals surface area (Å²) in [6.45, 7) is 7.18. The SMILES string of the molecule is CC(C)C(O)CCNC(=O)NCC1CCN(c2ccccc2)C1. The van der Waals surface area contributed by atoms with Crippen molar-refractivity contribution in [1.82, 2.24) is 10.6 Å². The Hall–Kier alpha value is -1.75. The monoisotopic (exact) mass is 319 g/mol. The fourth-order valence-electron chi connectivity index (χ4n) is 2.84. The van der Waals surface area contributed by atoms with Gasteiger partial charge in [-0.1, -0.05) is 32.0 Å². The van der Waals surface area contributed by atoms with Gasteiger partial charge in [0, 0.05) is 31.9 Å². The zero-order valence-electron chi connectivity index (χ0n) is 14.2. The molecule has 1 heterocycles. The van der Waals surface area contributed by atoms with Gasteiger partial charge in [-0.25, -0.2) is 4.79 Å². The van der Waals surface area contributed by atoms with E-state index in [0.29, 0.717) is 25.4 Å². The summed E-state index contributed by atoms with van der Waals surface area (Å²) < 4.78 is 0. The number of aliphatic hydroxyl groups is 1. The Morgan fingerprint density at radius 1 is 1.30 bits per heavy atom. The highest BCUT2D eigenvalue weighted by Crippen LogP contribution is 2.22. The zero-order chi connectivity index (χ0) is 16.7. The minimum Gasteiger partial charge on any atom is -0.393 e. The van der Waals surface area contributed by atoms with E-state index in [0.717, 1.165) is 19.5 Å². The van der Waals surface area contributed by atoms with Crippen molar-refractivity contribution in [1.29, 1.82) is 0 Å². The van der Waals surface area contributed by atoms with E-state index in [9.17, 15) is 9.90 Å². The number of nitrogens with zero attached hydrogens (tertiary/aromatic N) is 1. The summed E-state index contributed by atoms with van der Waals surface area (Å²) in [5.74, 6) is 0.713. The third kappa shape index (κ3) is 5.75. The van der Waals surface area contributed by atoms with Gasteiger partial charge in [-0.3, -0.25) is 0 Å². The predicted molar refractivity (Wildman–Crippen MR) is 93.6 cm³/mol. The Labute approximate surface area is 139 Å². The molecule has 1 aliphatic heterocycles. The first kappa shape index (κ1) is 17.6. The van der Waals surface area contributed by atoms with Crippen LogP contribution in [0.1, 0.15) is 26.7 Å². The molecule has 128 valence electrons. The Bertz CT molecular complexity index is 478. The lowest BCUT2D eigenvalue weighted by atomic mass is 10.0. The molecule has 2 unspecified atom stereocenters. The third-order valence-electron chi connectivity index (χ3n) is 4.45. The van der Waals surface area contributed by atoms with E-state index in [2.05, 4.69) is 39.8 Å². The molecule has 0 spiro atoms. The summed E-state index contributed by atoms with van der Waals surface area (Å²) in [6, 6.07) is 10.3. The molecule has 1 aliphatic rings. The average molecular weight is 319 g/mol. The van der Waals surface area contributed by atoms with Crippen LogP contribution in [-0.2, 0) is 0 Å². The number of hydrogen-bond acceptors (Lipinski definition) is 3. The Balaban J connectivity index is 1.62. The van der Waals surface area contributed by atoms with E-state index in [4.69, 9.17) is 0 Å². The maximum atomic E-state index is 11.8. The number of benzene rings is 1. The second kappa shape index (κ2) is 8.77. The van der Waals surface area contributed by atoms with Crippen LogP contribution in [0, 0.1) is 11.8 Å². The number of aliphatic hydroxyl groups excluding tert-OH is 1. The van der Waals surface area contributed by atoms with Gasteiger partial charge in [-0.2, -0.15) is 0 Å². The Kier molecular flexibility index (Phi) is 6.71. The summed E-state index contributed by atoms with van der Waals surface area (Å²) in [5.41, 5.74) is 1.25. The molecular weight excluding hydrogens is 290 g/mol. The molecule has 2 atom stereocenters. The molecule has 3 N–H and O–H groups in total. The number of anilines is 1. The number of para-hydroxylation sites is 1. The van der Waals surface area contributed by atoms with E-state index >= 15 is 0 Å². The van der Waals surface area contributed by atoms with Crippen LogP contribution < -0.4 is 15.5 Å². The zero-order valence-corrected chi connectivity index (χ0v) is 14.2. The van der Waals surface area contributed by atoms with Crippen molar-refractivity contribution in [3.63, 3.8) is 0 Å². The second-order valence-electron chi connectivity index (χ2n) is 6.67. The molecule has 2 rings (SSSR count). The van der Waals surface area contributed by atoms with Gasteiger partial charge in [0.05, 0.1) is 6.10 Å². The van der Waals surface area contributed by atoms with Gasteiger partial charge in [0.25, 0.3) is 0 Å². The van der Waals surface area contributed by atoms with Crippen molar-refractivity contribution in [2.24, 2.45) is 11.8 Å². The van der Waals surface area contributed by atoms with Crippen molar-refractivity contribution < 1.29 is 9.90 Å². The largest absolute Gasteiger partial charge is 0.393 e. The van der Waals surface area contributed by atoms with Crippen LogP contribution in [0.3, 0.4) is 0 Å². The van der Waals surface area contributed by atoms with E-state index in [-0.39, 0.29) is 18.1 Å². The number of nitrogens with one attached hydrogen (secondary N) is 2. The van der Waals surface area contributed by atoms with Crippen LogP contribution in [-0.4, -0.2) is 43.4 Å². The number of rotatable bonds is 7. The minimum atomic E-state index is -0.357. The molecular formula is C18H29N3O2. The summed E-state index contributed by atoms with van der Waals surface area (Å²) in [6.07, 6.45) is 1.34. The van der Waals surface area contributed by atoms with Crippen LogP contribution in [0.4, 0.5) is 10.5 Å². The topological polar surface area (TPSA) is 64.6 Å². The molecule has 0 aliphatic carbocycles. The van der Waals surface area contributed by atoms with Gasteiger partial charge in [0.1, 0.15) is 0 Å². The van der Waals surface area contributed by atoms with E-state index in [1.165, 1.54) is 5.69 Å². The molecule has 1 saturated heterocycles. The first-order valence-electron chi connectivity index (χ1n) is 8.56. The average Bonchev–Trinajstić information content (AvgIpc) is 3.02. The Morgan fingerprint density at radius 3 is 2.74 bits per heavy atom. The third-order valence-corrected chi connectivity index (χ3v) is 4.45. The maximum Gasteiger partial charge on any atom is 0.314 e. The van der Waals surface area contributed by atoms with Gasteiger partial charge in [-0.05, 0) is 36.8 Å². The molecule has 0 bridgehead atoms. The molecule has 23 heavy (non-hydrogen) atoms. The van der Waals surface area contributed by atoms with Crippen LogP contribution in [0.25, 0.3) is 0 Å². The quantitative estimate of drug-likeness (QED) is 0.722. The second-order valence-corrected chi connectivity index (χ2v) is 6.67. The molecule has 0 aromatic heterocycles. The molecule has 0 saturated carbocycles. The van der Waals surface area contributed by atoms with E-state index < -0.39 is 0 Å². The molecule has 1 aromatic carbocycles. The predicted octanol–water partition coefficient (Wildman–Crippen LogP) is 2.22. The van der Waals surface area contributed by atoms with E-state index in [1.807, 2.05) is 19.9 Å². The molecule has 5 heteroatoms. The molecule has 5 nitrogen and oxygen atoms in total. The van der Waals surface area contributed by atoms with Crippen LogP contribution >= 0.6 is 0 Å². The highest BCUT2D eigenvalue weighted by atomic mass is 16.3. The highest BCUT2D eigenvalue weighted by Gasteiger charge is 2.22. The number of urea groups is 1. The van der Waals surface area contributed by atoms with Gasteiger partial charge in [0.15, 0.2) is 0 Å². The molecule has 1 aromatic rings. The summed E-state index contributed by atoms with van der Waals surface area (Å²) >= 11 is 0. The minimum absolute atomic E-state index is 0.140.